The van der Waals surface area contributed by atoms with Crippen molar-refractivity contribution in [1.82, 2.24) is 15.0 Å². The largest absolute Gasteiger partial charge is 0.397 e. The Balaban J connectivity index is 2.63. The molecule has 0 amide bonds. The van der Waals surface area contributed by atoms with Gasteiger partial charge in [-0.15, -0.1) is 0 Å². The van der Waals surface area contributed by atoms with Gasteiger partial charge in [-0.1, -0.05) is 0 Å². The SMILES string of the molecule is CC(c1nc(N)nc2[nH]ccc12)C(F)(F)F. The summed E-state index contributed by atoms with van der Waals surface area (Å²) in [6, 6.07) is 1.51. The van der Waals surface area contributed by atoms with Crippen molar-refractivity contribution in [3.63, 3.8) is 0 Å². The zero-order valence-electron chi connectivity index (χ0n) is 8.34. The van der Waals surface area contributed by atoms with E-state index in [-0.39, 0.29) is 11.6 Å². The molecule has 2 aromatic rings. The van der Waals surface area contributed by atoms with Crippen molar-refractivity contribution in [3.05, 3.63) is 18.0 Å². The molecule has 3 N–H and O–H groups in total. The number of nitrogens with one attached hydrogen (secondary N) is 1. The third kappa shape index (κ3) is 1.68. The molecule has 2 heterocycles. The van der Waals surface area contributed by atoms with Crippen molar-refractivity contribution in [2.24, 2.45) is 0 Å². The van der Waals surface area contributed by atoms with Gasteiger partial charge >= 0.3 is 6.18 Å². The lowest BCUT2D eigenvalue weighted by Gasteiger charge is -2.15. The minimum Gasteiger partial charge on any atom is -0.368 e. The second-order valence-corrected chi connectivity index (χ2v) is 3.47. The molecular weight excluding hydrogens is 221 g/mol. The highest BCUT2D eigenvalue weighted by Crippen LogP contribution is 2.36. The molecule has 0 saturated heterocycles. The number of anilines is 1. The fourth-order valence-corrected chi connectivity index (χ4v) is 1.47. The van der Waals surface area contributed by atoms with Gasteiger partial charge in [0.1, 0.15) is 5.65 Å². The Bertz CT molecular complexity index is 517. The van der Waals surface area contributed by atoms with Gasteiger partial charge in [0, 0.05) is 11.6 Å². The Morgan fingerprint density at radius 2 is 2.06 bits per heavy atom. The van der Waals surface area contributed by atoms with E-state index < -0.39 is 12.1 Å². The molecule has 0 saturated carbocycles. The number of fused-ring (bicyclic) bond motifs is 1. The molecule has 1 unspecified atom stereocenters. The summed E-state index contributed by atoms with van der Waals surface area (Å²) in [5.41, 5.74) is 5.57. The third-order valence-corrected chi connectivity index (χ3v) is 2.36. The van der Waals surface area contributed by atoms with Crippen molar-refractivity contribution in [3.8, 4) is 0 Å². The van der Waals surface area contributed by atoms with E-state index in [1.807, 2.05) is 0 Å². The van der Waals surface area contributed by atoms with Gasteiger partial charge in [-0.2, -0.15) is 18.2 Å². The van der Waals surface area contributed by atoms with E-state index in [9.17, 15) is 13.2 Å². The molecule has 7 heteroatoms. The molecule has 2 rings (SSSR count). The standard InChI is InChI=1S/C9H9F3N4/c1-4(9(10,11)12)6-5-2-3-14-7(5)16-8(13)15-6/h2-4H,1H3,(H3,13,14,15,16). The minimum absolute atomic E-state index is 0.101. The Morgan fingerprint density at radius 1 is 1.38 bits per heavy atom. The smallest absolute Gasteiger partial charge is 0.368 e. The molecule has 0 spiro atoms. The van der Waals surface area contributed by atoms with Crippen LogP contribution in [0.1, 0.15) is 18.5 Å². The van der Waals surface area contributed by atoms with Crippen LogP contribution in [0.2, 0.25) is 0 Å². The summed E-state index contributed by atoms with van der Waals surface area (Å²) in [5, 5.41) is 0.346. The topological polar surface area (TPSA) is 67.6 Å². The highest BCUT2D eigenvalue weighted by atomic mass is 19.4. The van der Waals surface area contributed by atoms with E-state index in [4.69, 9.17) is 5.73 Å². The molecule has 1 atom stereocenters. The van der Waals surface area contributed by atoms with Gasteiger partial charge in [0.15, 0.2) is 0 Å². The number of aromatic amines is 1. The van der Waals surface area contributed by atoms with Crippen LogP contribution in [0.15, 0.2) is 12.3 Å². The summed E-state index contributed by atoms with van der Waals surface area (Å²) < 4.78 is 37.8. The molecule has 0 radical (unpaired) electrons. The maximum atomic E-state index is 12.6. The molecule has 0 aliphatic carbocycles. The Morgan fingerprint density at radius 3 is 2.69 bits per heavy atom. The second kappa shape index (κ2) is 3.36. The molecule has 0 fully saturated rings. The third-order valence-electron chi connectivity index (χ3n) is 2.36. The van der Waals surface area contributed by atoms with Crippen LogP contribution in [-0.4, -0.2) is 21.1 Å². The summed E-state index contributed by atoms with van der Waals surface area (Å²) in [6.45, 7) is 1.05. The highest BCUT2D eigenvalue weighted by molar-refractivity contribution is 5.79. The maximum Gasteiger partial charge on any atom is 0.397 e. The quantitative estimate of drug-likeness (QED) is 0.789. The molecule has 0 bridgehead atoms. The predicted molar refractivity (Wildman–Crippen MR) is 52.8 cm³/mol. The first kappa shape index (κ1) is 10.7. The number of hydrogen-bond donors (Lipinski definition) is 2. The maximum absolute atomic E-state index is 12.6. The zero-order valence-corrected chi connectivity index (χ0v) is 8.34. The fraction of sp³-hybridized carbons (Fsp3) is 0.333. The van der Waals surface area contributed by atoms with Crippen LogP contribution in [0.5, 0.6) is 0 Å². The van der Waals surface area contributed by atoms with Crippen LogP contribution in [0.3, 0.4) is 0 Å². The van der Waals surface area contributed by atoms with Crippen molar-refractivity contribution in [2.75, 3.05) is 5.73 Å². The highest BCUT2D eigenvalue weighted by Gasteiger charge is 2.39. The van der Waals surface area contributed by atoms with E-state index in [1.54, 1.807) is 0 Å². The first-order valence-corrected chi connectivity index (χ1v) is 4.57. The van der Waals surface area contributed by atoms with Crippen LogP contribution in [-0.2, 0) is 0 Å². The predicted octanol–water partition coefficient (Wildman–Crippen LogP) is 2.21. The molecule has 16 heavy (non-hydrogen) atoms. The Kier molecular flexibility index (Phi) is 2.25. The average molecular weight is 230 g/mol. The van der Waals surface area contributed by atoms with Gasteiger partial charge in [0.05, 0.1) is 11.6 Å². The number of aromatic nitrogens is 3. The first-order valence-electron chi connectivity index (χ1n) is 4.57. The molecule has 4 nitrogen and oxygen atoms in total. The second-order valence-electron chi connectivity index (χ2n) is 3.47. The van der Waals surface area contributed by atoms with Gasteiger partial charge in [0.2, 0.25) is 5.95 Å². The van der Waals surface area contributed by atoms with Gasteiger partial charge in [-0.3, -0.25) is 0 Å². The lowest BCUT2D eigenvalue weighted by molar-refractivity contribution is -0.146. The van der Waals surface area contributed by atoms with Crippen LogP contribution in [0.25, 0.3) is 11.0 Å². The lowest BCUT2D eigenvalue weighted by Crippen LogP contribution is -2.19. The van der Waals surface area contributed by atoms with Crippen molar-refractivity contribution < 1.29 is 13.2 Å². The van der Waals surface area contributed by atoms with Crippen molar-refractivity contribution in [1.29, 1.82) is 0 Å². The summed E-state index contributed by atoms with van der Waals surface area (Å²) in [7, 11) is 0. The van der Waals surface area contributed by atoms with Gasteiger partial charge in [-0.05, 0) is 13.0 Å². The number of hydrogen-bond acceptors (Lipinski definition) is 3. The molecule has 86 valence electrons. The molecule has 2 aromatic heterocycles. The van der Waals surface area contributed by atoms with E-state index in [2.05, 4.69) is 15.0 Å². The van der Waals surface area contributed by atoms with E-state index >= 15 is 0 Å². The van der Waals surface area contributed by atoms with Crippen LogP contribution in [0.4, 0.5) is 19.1 Å². The van der Waals surface area contributed by atoms with Crippen LogP contribution >= 0.6 is 0 Å². The van der Waals surface area contributed by atoms with E-state index in [1.165, 1.54) is 12.3 Å². The summed E-state index contributed by atoms with van der Waals surface area (Å²) in [4.78, 5) is 10.2. The first-order chi connectivity index (χ1) is 7.39. The van der Waals surface area contributed by atoms with Gasteiger partial charge in [0.25, 0.3) is 0 Å². The summed E-state index contributed by atoms with van der Waals surface area (Å²) in [5.74, 6) is -1.84. The van der Waals surface area contributed by atoms with E-state index in [0.29, 0.717) is 11.0 Å². The monoisotopic (exact) mass is 230 g/mol. The molecule has 0 aromatic carbocycles. The van der Waals surface area contributed by atoms with Crippen LogP contribution < -0.4 is 5.73 Å². The number of rotatable bonds is 1. The number of H-pyrrole nitrogens is 1. The van der Waals surface area contributed by atoms with Crippen LogP contribution in [0, 0.1) is 0 Å². The minimum atomic E-state index is -4.34. The van der Waals surface area contributed by atoms with Crippen molar-refractivity contribution in [2.45, 2.75) is 19.0 Å². The van der Waals surface area contributed by atoms with E-state index in [0.717, 1.165) is 6.92 Å². The van der Waals surface area contributed by atoms with Gasteiger partial charge in [-0.25, -0.2) is 4.98 Å². The fourth-order valence-electron chi connectivity index (χ4n) is 1.47. The van der Waals surface area contributed by atoms with Gasteiger partial charge < -0.3 is 10.7 Å². The Hall–Kier alpha value is -1.79. The molecular formula is C9H9F3N4. The normalized spacial score (nSPS) is 14.2. The molecule has 0 aliphatic heterocycles. The summed E-state index contributed by atoms with van der Waals surface area (Å²) in [6.07, 6.45) is -2.84. The zero-order chi connectivity index (χ0) is 11.9. The number of nitrogens with zero attached hydrogens (tertiary/aromatic N) is 2. The number of nitrogens with two attached hydrogens (primary N) is 1. The number of nitrogen functional groups attached to an aromatic ring is 1. The number of alkyl halides is 3. The summed E-state index contributed by atoms with van der Waals surface area (Å²) >= 11 is 0. The lowest BCUT2D eigenvalue weighted by atomic mass is 10.0. The molecule has 0 aliphatic rings. The average Bonchev–Trinajstić information content (AvgIpc) is 2.61. The van der Waals surface area contributed by atoms with Crippen molar-refractivity contribution >= 4 is 17.0 Å². The Labute approximate surface area is 88.7 Å². The number of halogens is 3.